The van der Waals surface area contributed by atoms with Crippen LogP contribution in [0.3, 0.4) is 0 Å². The number of urea groups is 1. The number of hydrogen-bond donors (Lipinski definition) is 3. The highest BCUT2D eigenvalue weighted by Gasteiger charge is 2.32. The molecule has 3 N–H and O–H groups in total. The molecule has 1 aromatic carbocycles. The molecule has 0 bridgehead atoms. The van der Waals surface area contributed by atoms with E-state index in [2.05, 4.69) is 10.6 Å². The molecule has 0 unspecified atom stereocenters. The Balaban J connectivity index is 1.98. The number of rotatable bonds is 3. The minimum absolute atomic E-state index is 0.0856. The smallest absolute Gasteiger partial charge is 0.319 e. The number of carbonyl (C=O) groups excluding carboxylic acids is 1. The molecule has 0 atom stereocenters. The van der Waals surface area contributed by atoms with Crippen molar-refractivity contribution >= 4 is 11.7 Å². The van der Waals surface area contributed by atoms with Crippen LogP contribution in [0.25, 0.3) is 0 Å². The second-order valence-electron chi connectivity index (χ2n) is 5.06. The van der Waals surface area contributed by atoms with E-state index in [0.717, 1.165) is 32.1 Å². The van der Waals surface area contributed by atoms with Crippen LogP contribution in [0.1, 0.15) is 32.1 Å². The molecule has 0 aromatic heterocycles. The van der Waals surface area contributed by atoms with E-state index < -0.39 is 17.4 Å². The van der Waals surface area contributed by atoms with Crippen LogP contribution in [-0.2, 0) is 0 Å². The molecule has 1 fully saturated rings. The summed E-state index contributed by atoms with van der Waals surface area (Å²) >= 11 is 0. The molecule has 4 nitrogen and oxygen atoms in total. The summed E-state index contributed by atoms with van der Waals surface area (Å²) in [7, 11) is 0. The van der Waals surface area contributed by atoms with Crippen molar-refractivity contribution < 1.29 is 14.3 Å². The first-order chi connectivity index (χ1) is 9.15. The van der Waals surface area contributed by atoms with Gasteiger partial charge in [0, 0.05) is 0 Å². The fourth-order valence-electron chi connectivity index (χ4n) is 2.51. The van der Waals surface area contributed by atoms with Crippen LogP contribution in [0.2, 0.25) is 0 Å². The quantitative estimate of drug-likeness (QED) is 0.787. The molecule has 0 radical (unpaired) electrons. The Hall–Kier alpha value is -1.62. The van der Waals surface area contributed by atoms with Crippen molar-refractivity contribution in [3.63, 3.8) is 0 Å². The number of aliphatic hydroxyl groups is 1. The van der Waals surface area contributed by atoms with Crippen molar-refractivity contribution in [1.29, 1.82) is 0 Å². The third kappa shape index (κ3) is 3.44. The van der Waals surface area contributed by atoms with Gasteiger partial charge in [0.05, 0.1) is 17.8 Å². The van der Waals surface area contributed by atoms with Crippen LogP contribution < -0.4 is 10.6 Å². The summed E-state index contributed by atoms with van der Waals surface area (Å²) < 4.78 is 13.4. The van der Waals surface area contributed by atoms with Gasteiger partial charge in [-0.3, -0.25) is 0 Å². The number of amides is 2. The topological polar surface area (TPSA) is 61.4 Å². The minimum atomic E-state index is -0.562. The average molecular weight is 266 g/mol. The Bertz CT molecular complexity index is 445. The van der Waals surface area contributed by atoms with Crippen molar-refractivity contribution in [2.24, 2.45) is 0 Å². The number of benzene rings is 1. The number of nitrogens with one attached hydrogen (secondary N) is 2. The summed E-state index contributed by atoms with van der Waals surface area (Å²) in [4.78, 5) is 11.9. The summed E-state index contributed by atoms with van der Waals surface area (Å²) in [6.45, 7) is -0.0856. The number of anilines is 1. The van der Waals surface area contributed by atoms with Crippen molar-refractivity contribution in [3.05, 3.63) is 30.1 Å². The summed E-state index contributed by atoms with van der Waals surface area (Å²) in [5.74, 6) is -0.473. The molecule has 0 aliphatic heterocycles. The van der Waals surface area contributed by atoms with Gasteiger partial charge in [-0.25, -0.2) is 9.18 Å². The van der Waals surface area contributed by atoms with Crippen LogP contribution in [0, 0.1) is 5.82 Å². The largest absolute Gasteiger partial charge is 0.394 e. The van der Waals surface area contributed by atoms with Crippen molar-refractivity contribution in [1.82, 2.24) is 5.32 Å². The summed E-state index contributed by atoms with van der Waals surface area (Å²) in [6.07, 6.45) is 4.61. The first kappa shape index (κ1) is 13.8. The highest BCUT2D eigenvalue weighted by atomic mass is 19.1. The molecule has 104 valence electrons. The number of halogens is 1. The van der Waals surface area contributed by atoms with Gasteiger partial charge in [-0.2, -0.15) is 0 Å². The SMILES string of the molecule is O=C(Nc1ccccc1F)NC1(CO)CCCCC1. The maximum atomic E-state index is 13.4. The Kier molecular flexibility index (Phi) is 4.37. The zero-order valence-corrected chi connectivity index (χ0v) is 10.8. The molecule has 1 aromatic rings. The van der Waals surface area contributed by atoms with E-state index in [1.54, 1.807) is 12.1 Å². The van der Waals surface area contributed by atoms with Crippen molar-refractivity contribution in [2.45, 2.75) is 37.6 Å². The van der Waals surface area contributed by atoms with E-state index in [1.165, 1.54) is 12.1 Å². The molecule has 2 amide bonds. The van der Waals surface area contributed by atoms with Crippen LogP contribution in [0.15, 0.2) is 24.3 Å². The lowest BCUT2D eigenvalue weighted by Gasteiger charge is -2.36. The van der Waals surface area contributed by atoms with Crippen molar-refractivity contribution in [3.8, 4) is 0 Å². The first-order valence-electron chi connectivity index (χ1n) is 6.60. The Morgan fingerprint density at radius 1 is 1.26 bits per heavy atom. The lowest BCUT2D eigenvalue weighted by molar-refractivity contribution is 0.128. The van der Waals surface area contributed by atoms with Crippen LogP contribution in [0.5, 0.6) is 0 Å². The van der Waals surface area contributed by atoms with Gasteiger partial charge in [-0.1, -0.05) is 31.4 Å². The van der Waals surface area contributed by atoms with Gasteiger partial charge in [0.15, 0.2) is 0 Å². The van der Waals surface area contributed by atoms with E-state index in [1.807, 2.05) is 0 Å². The molecular weight excluding hydrogens is 247 g/mol. The number of carbonyl (C=O) groups is 1. The Morgan fingerprint density at radius 3 is 2.58 bits per heavy atom. The normalized spacial score (nSPS) is 17.8. The molecule has 0 heterocycles. The molecule has 1 saturated carbocycles. The van der Waals surface area contributed by atoms with Crippen LogP contribution >= 0.6 is 0 Å². The van der Waals surface area contributed by atoms with Crippen LogP contribution in [0.4, 0.5) is 14.9 Å². The molecule has 5 heteroatoms. The standard InChI is InChI=1S/C14H19FN2O2/c15-11-6-2-3-7-12(11)16-13(19)17-14(10-18)8-4-1-5-9-14/h2-3,6-7,18H,1,4-5,8-10H2,(H2,16,17,19). The number of para-hydroxylation sites is 1. The predicted molar refractivity (Wildman–Crippen MR) is 71.5 cm³/mol. The van der Waals surface area contributed by atoms with Crippen molar-refractivity contribution in [2.75, 3.05) is 11.9 Å². The molecule has 1 aliphatic rings. The number of aliphatic hydroxyl groups excluding tert-OH is 1. The molecule has 1 aliphatic carbocycles. The molecular formula is C14H19FN2O2. The number of hydrogen-bond acceptors (Lipinski definition) is 2. The summed E-state index contributed by atoms with van der Waals surface area (Å²) in [5.41, 5.74) is -0.419. The maximum Gasteiger partial charge on any atom is 0.319 e. The van der Waals surface area contributed by atoms with E-state index in [9.17, 15) is 14.3 Å². The monoisotopic (exact) mass is 266 g/mol. The molecule has 0 saturated heterocycles. The fourth-order valence-corrected chi connectivity index (χ4v) is 2.51. The second kappa shape index (κ2) is 6.02. The summed E-state index contributed by atoms with van der Waals surface area (Å²) in [6, 6.07) is 5.54. The second-order valence-corrected chi connectivity index (χ2v) is 5.06. The highest BCUT2D eigenvalue weighted by molar-refractivity contribution is 5.89. The Labute approximate surface area is 112 Å². The van der Waals surface area contributed by atoms with Gasteiger partial charge in [0.25, 0.3) is 0 Å². The maximum absolute atomic E-state index is 13.4. The van der Waals surface area contributed by atoms with E-state index >= 15 is 0 Å². The van der Waals surface area contributed by atoms with Gasteiger partial charge < -0.3 is 15.7 Å². The van der Waals surface area contributed by atoms with Gasteiger partial charge >= 0.3 is 6.03 Å². The lowest BCUT2D eigenvalue weighted by atomic mass is 9.82. The minimum Gasteiger partial charge on any atom is -0.394 e. The Morgan fingerprint density at radius 2 is 1.95 bits per heavy atom. The third-order valence-electron chi connectivity index (χ3n) is 3.61. The van der Waals surface area contributed by atoms with E-state index in [0.29, 0.717) is 0 Å². The zero-order valence-electron chi connectivity index (χ0n) is 10.8. The zero-order chi connectivity index (χ0) is 13.7. The molecule has 19 heavy (non-hydrogen) atoms. The molecule has 2 rings (SSSR count). The molecule has 0 spiro atoms. The van der Waals surface area contributed by atoms with Gasteiger partial charge in [-0.15, -0.1) is 0 Å². The van der Waals surface area contributed by atoms with Gasteiger partial charge in [-0.05, 0) is 25.0 Å². The predicted octanol–water partition coefficient (Wildman–Crippen LogP) is 2.64. The fraction of sp³-hybridized carbons (Fsp3) is 0.500. The van der Waals surface area contributed by atoms with Gasteiger partial charge in [0.2, 0.25) is 0 Å². The van der Waals surface area contributed by atoms with Crippen LogP contribution in [-0.4, -0.2) is 23.3 Å². The van der Waals surface area contributed by atoms with E-state index in [4.69, 9.17) is 0 Å². The average Bonchev–Trinajstić information content (AvgIpc) is 2.42. The summed E-state index contributed by atoms with van der Waals surface area (Å²) in [5, 5.41) is 14.8. The first-order valence-corrected chi connectivity index (χ1v) is 6.60. The van der Waals surface area contributed by atoms with E-state index in [-0.39, 0.29) is 12.3 Å². The third-order valence-corrected chi connectivity index (χ3v) is 3.61. The highest BCUT2D eigenvalue weighted by Crippen LogP contribution is 2.27. The van der Waals surface area contributed by atoms with Gasteiger partial charge in [0.1, 0.15) is 5.82 Å². The lowest BCUT2D eigenvalue weighted by Crippen LogP contribution is -2.53.